The van der Waals surface area contributed by atoms with Gasteiger partial charge in [0.25, 0.3) is 5.91 Å². The summed E-state index contributed by atoms with van der Waals surface area (Å²) in [5.74, 6) is -0.256. The lowest BCUT2D eigenvalue weighted by atomic mass is 9.84. The highest BCUT2D eigenvalue weighted by Gasteiger charge is 2.30. The smallest absolute Gasteiger partial charge is 0.270 e. The molecule has 162 valence electrons. The van der Waals surface area contributed by atoms with E-state index >= 15 is 0 Å². The summed E-state index contributed by atoms with van der Waals surface area (Å²) in [6.07, 6.45) is 1.56. The third-order valence-electron chi connectivity index (χ3n) is 6.14. The van der Waals surface area contributed by atoms with Gasteiger partial charge in [0, 0.05) is 41.5 Å². The number of aromatic nitrogens is 1. The monoisotopic (exact) mass is 441 g/mol. The first kappa shape index (κ1) is 21.4. The summed E-state index contributed by atoms with van der Waals surface area (Å²) < 4.78 is 13.0. The van der Waals surface area contributed by atoms with E-state index in [4.69, 9.17) is 11.6 Å². The molecule has 0 aliphatic carbocycles. The van der Waals surface area contributed by atoms with Gasteiger partial charge < -0.3 is 15.2 Å². The van der Waals surface area contributed by atoms with Crippen molar-refractivity contribution in [3.8, 4) is 0 Å². The van der Waals surface area contributed by atoms with E-state index in [1.54, 1.807) is 18.2 Å². The zero-order valence-corrected chi connectivity index (χ0v) is 18.1. The number of carbonyl (C=O) groups excluding carboxylic acids is 2. The number of amides is 2. The number of hydrogen-bond donors (Lipinski definition) is 2. The molecule has 2 aromatic carbocycles. The van der Waals surface area contributed by atoms with Crippen LogP contribution in [0.5, 0.6) is 0 Å². The molecule has 0 radical (unpaired) electrons. The van der Waals surface area contributed by atoms with E-state index in [0.717, 1.165) is 29.3 Å². The van der Waals surface area contributed by atoms with Gasteiger partial charge in [-0.25, -0.2) is 4.39 Å². The molecule has 0 saturated carbocycles. The normalized spacial score (nSPS) is 15.8. The fourth-order valence-electron chi connectivity index (χ4n) is 4.16. The second-order valence-electron chi connectivity index (χ2n) is 8.18. The van der Waals surface area contributed by atoms with Gasteiger partial charge in [0.15, 0.2) is 0 Å². The van der Waals surface area contributed by atoms with E-state index in [2.05, 4.69) is 10.3 Å². The maximum Gasteiger partial charge on any atom is 0.270 e. The predicted molar refractivity (Wildman–Crippen MR) is 119 cm³/mol. The number of benzene rings is 2. The van der Waals surface area contributed by atoms with Crippen LogP contribution in [0.15, 0.2) is 48.5 Å². The minimum Gasteiger partial charge on any atom is -0.352 e. The Bertz CT molecular complexity index is 1090. The minimum atomic E-state index is -0.291. The third kappa shape index (κ3) is 4.90. The van der Waals surface area contributed by atoms with Crippen molar-refractivity contribution in [3.05, 3.63) is 70.6 Å². The van der Waals surface area contributed by atoms with Gasteiger partial charge in [-0.15, -0.1) is 0 Å². The fourth-order valence-corrected chi connectivity index (χ4v) is 4.34. The number of likely N-dealkylation sites (tertiary alicyclic amines) is 1. The van der Waals surface area contributed by atoms with Gasteiger partial charge in [-0.1, -0.05) is 30.7 Å². The molecule has 1 aliphatic rings. The summed E-state index contributed by atoms with van der Waals surface area (Å²) in [5, 5.41) is 4.49. The summed E-state index contributed by atoms with van der Waals surface area (Å²) in [6, 6.07) is 13.4. The predicted octanol–water partition coefficient (Wildman–Crippen LogP) is 4.77. The van der Waals surface area contributed by atoms with Crippen molar-refractivity contribution in [3.63, 3.8) is 0 Å². The Labute approximate surface area is 185 Å². The van der Waals surface area contributed by atoms with Gasteiger partial charge in [-0.2, -0.15) is 0 Å². The van der Waals surface area contributed by atoms with Gasteiger partial charge in [0.05, 0.1) is 0 Å². The molecular weight excluding hydrogens is 417 g/mol. The summed E-state index contributed by atoms with van der Waals surface area (Å²) in [5.41, 5.74) is 2.30. The average Bonchev–Trinajstić information content (AvgIpc) is 3.21. The standard InChI is InChI=1S/C24H25ClFN3O2/c1-15(23(30)27-14-16-2-5-20(26)6-3-16)17-8-10-29(11-9-17)24(31)22-13-18-12-19(25)4-7-21(18)28-22/h2-7,12-13,15,17,28H,8-11,14H2,1H3,(H,27,30)/t15-/m1/s1. The van der Waals surface area contributed by atoms with Crippen molar-refractivity contribution in [2.45, 2.75) is 26.3 Å². The highest BCUT2D eigenvalue weighted by Crippen LogP contribution is 2.27. The number of hydrogen-bond acceptors (Lipinski definition) is 2. The Morgan fingerprint density at radius 2 is 1.87 bits per heavy atom. The van der Waals surface area contributed by atoms with Crippen molar-refractivity contribution >= 4 is 34.3 Å². The molecular formula is C24H25ClFN3O2. The number of nitrogens with one attached hydrogen (secondary N) is 2. The summed E-state index contributed by atoms with van der Waals surface area (Å²) in [7, 11) is 0. The van der Waals surface area contributed by atoms with Gasteiger partial charge >= 0.3 is 0 Å². The molecule has 0 bridgehead atoms. The van der Waals surface area contributed by atoms with E-state index in [1.807, 2.05) is 30.0 Å². The van der Waals surface area contributed by atoms with Gasteiger partial charge in [0.2, 0.25) is 5.91 Å². The molecule has 1 saturated heterocycles. The Balaban J connectivity index is 1.30. The number of nitrogens with zero attached hydrogens (tertiary/aromatic N) is 1. The van der Waals surface area contributed by atoms with Crippen LogP contribution in [0, 0.1) is 17.7 Å². The van der Waals surface area contributed by atoms with Crippen LogP contribution in [-0.2, 0) is 11.3 Å². The van der Waals surface area contributed by atoms with E-state index in [0.29, 0.717) is 30.4 Å². The molecule has 2 amide bonds. The number of fused-ring (bicyclic) bond motifs is 1. The van der Waals surface area contributed by atoms with Crippen molar-refractivity contribution < 1.29 is 14.0 Å². The van der Waals surface area contributed by atoms with Crippen LogP contribution in [0.2, 0.25) is 5.02 Å². The molecule has 1 aromatic heterocycles. The van der Waals surface area contributed by atoms with Crippen LogP contribution >= 0.6 is 11.6 Å². The largest absolute Gasteiger partial charge is 0.352 e. The zero-order valence-electron chi connectivity index (χ0n) is 17.3. The maximum atomic E-state index is 13.0. The molecule has 2 N–H and O–H groups in total. The topological polar surface area (TPSA) is 65.2 Å². The molecule has 7 heteroatoms. The third-order valence-corrected chi connectivity index (χ3v) is 6.38. The highest BCUT2D eigenvalue weighted by atomic mass is 35.5. The molecule has 1 fully saturated rings. The quantitative estimate of drug-likeness (QED) is 0.599. The minimum absolute atomic E-state index is 0.0124. The van der Waals surface area contributed by atoms with E-state index in [1.165, 1.54) is 12.1 Å². The molecule has 0 unspecified atom stereocenters. The average molecular weight is 442 g/mol. The van der Waals surface area contributed by atoms with Crippen molar-refractivity contribution in [2.75, 3.05) is 13.1 Å². The maximum absolute atomic E-state index is 13.0. The Kier molecular flexibility index (Phi) is 6.28. The number of carbonyl (C=O) groups is 2. The number of halogens is 2. The SMILES string of the molecule is C[C@@H](C(=O)NCc1ccc(F)cc1)C1CCN(C(=O)c2cc3cc(Cl)ccc3[nH]2)CC1. The summed E-state index contributed by atoms with van der Waals surface area (Å²) in [4.78, 5) is 30.5. The summed E-state index contributed by atoms with van der Waals surface area (Å²) >= 11 is 6.03. The number of aromatic amines is 1. The molecule has 0 spiro atoms. The van der Waals surface area contributed by atoms with Crippen molar-refractivity contribution in [1.82, 2.24) is 15.2 Å². The van der Waals surface area contributed by atoms with E-state index in [-0.39, 0.29) is 29.5 Å². The molecule has 1 atom stereocenters. The molecule has 1 aliphatic heterocycles. The first-order valence-corrected chi connectivity index (χ1v) is 10.9. The highest BCUT2D eigenvalue weighted by molar-refractivity contribution is 6.31. The molecule has 5 nitrogen and oxygen atoms in total. The van der Waals surface area contributed by atoms with Crippen LogP contribution in [0.25, 0.3) is 10.9 Å². The lowest BCUT2D eigenvalue weighted by Gasteiger charge is -2.34. The molecule has 31 heavy (non-hydrogen) atoms. The van der Waals surface area contributed by atoms with E-state index < -0.39 is 0 Å². The zero-order chi connectivity index (χ0) is 22.0. The second kappa shape index (κ2) is 9.10. The van der Waals surface area contributed by atoms with Crippen LogP contribution < -0.4 is 5.32 Å². The van der Waals surface area contributed by atoms with Crippen molar-refractivity contribution in [2.24, 2.45) is 11.8 Å². The van der Waals surface area contributed by atoms with Gasteiger partial charge in [-0.3, -0.25) is 9.59 Å². The van der Waals surface area contributed by atoms with Crippen LogP contribution in [0.3, 0.4) is 0 Å². The van der Waals surface area contributed by atoms with Crippen LogP contribution in [0.4, 0.5) is 4.39 Å². The summed E-state index contributed by atoms with van der Waals surface area (Å²) in [6.45, 7) is 3.55. The van der Waals surface area contributed by atoms with Crippen LogP contribution in [0.1, 0.15) is 35.8 Å². The number of rotatable bonds is 5. The van der Waals surface area contributed by atoms with E-state index in [9.17, 15) is 14.0 Å². The molecule has 4 rings (SSSR count). The molecule has 2 heterocycles. The second-order valence-corrected chi connectivity index (χ2v) is 8.61. The van der Waals surface area contributed by atoms with Gasteiger partial charge in [0.1, 0.15) is 11.5 Å². The Hall–Kier alpha value is -2.86. The van der Waals surface area contributed by atoms with Gasteiger partial charge in [-0.05, 0) is 60.7 Å². The lowest BCUT2D eigenvalue weighted by Crippen LogP contribution is -2.42. The first-order chi connectivity index (χ1) is 14.9. The lowest BCUT2D eigenvalue weighted by molar-refractivity contribution is -0.126. The first-order valence-electron chi connectivity index (χ1n) is 10.5. The number of piperidine rings is 1. The molecule has 3 aromatic rings. The Morgan fingerprint density at radius 1 is 1.16 bits per heavy atom. The number of H-pyrrole nitrogens is 1. The van der Waals surface area contributed by atoms with Crippen LogP contribution in [-0.4, -0.2) is 34.8 Å². The Morgan fingerprint density at radius 3 is 2.58 bits per heavy atom. The fraction of sp³-hybridized carbons (Fsp3) is 0.333. The van der Waals surface area contributed by atoms with Crippen molar-refractivity contribution in [1.29, 1.82) is 0 Å².